The van der Waals surface area contributed by atoms with Crippen LogP contribution in [0.5, 0.6) is 11.5 Å². The number of carbonyl (C=O) groups is 2. The van der Waals surface area contributed by atoms with E-state index in [4.69, 9.17) is 19.3 Å². The molecule has 1 aliphatic rings. The fourth-order valence-electron chi connectivity index (χ4n) is 2.75. The molecule has 0 aliphatic carbocycles. The van der Waals surface area contributed by atoms with Crippen LogP contribution in [0.3, 0.4) is 0 Å². The van der Waals surface area contributed by atoms with Gasteiger partial charge in [-0.25, -0.2) is 0 Å². The molecule has 1 atom stereocenters. The summed E-state index contributed by atoms with van der Waals surface area (Å²) in [7, 11) is 0. The lowest BCUT2D eigenvalue weighted by Crippen LogP contribution is -2.49. The van der Waals surface area contributed by atoms with Crippen molar-refractivity contribution in [1.29, 1.82) is 0 Å². The average Bonchev–Trinajstić information content (AvgIpc) is 2.60. The third-order valence-corrected chi connectivity index (χ3v) is 3.90. The van der Waals surface area contributed by atoms with E-state index in [0.717, 1.165) is 0 Å². The Bertz CT molecular complexity index is 576. The van der Waals surface area contributed by atoms with E-state index in [1.165, 1.54) is 0 Å². The van der Waals surface area contributed by atoms with Crippen molar-refractivity contribution in [3.63, 3.8) is 0 Å². The minimum absolute atomic E-state index is 0.0590. The summed E-state index contributed by atoms with van der Waals surface area (Å²) in [6, 6.07) is 7.03. The lowest BCUT2D eigenvalue weighted by molar-refractivity contribution is -0.146. The van der Waals surface area contributed by atoms with E-state index in [0.29, 0.717) is 50.7 Å². The first-order valence-corrected chi connectivity index (χ1v) is 8.55. The Morgan fingerprint density at radius 1 is 1.28 bits per heavy atom. The molecule has 1 fully saturated rings. The highest BCUT2D eigenvalue weighted by Gasteiger charge is 2.28. The van der Waals surface area contributed by atoms with Gasteiger partial charge in [0.25, 0.3) is 0 Å². The molecule has 2 rings (SSSR count). The Hall–Kier alpha value is -2.28. The molecule has 0 aromatic heterocycles. The fourth-order valence-corrected chi connectivity index (χ4v) is 2.75. The van der Waals surface area contributed by atoms with Gasteiger partial charge in [-0.15, -0.1) is 0 Å². The predicted octanol–water partition coefficient (Wildman–Crippen LogP) is 1.95. The van der Waals surface area contributed by atoms with Crippen molar-refractivity contribution in [3.05, 3.63) is 24.3 Å². The number of amides is 1. The van der Waals surface area contributed by atoms with Crippen LogP contribution in [0.4, 0.5) is 0 Å². The normalized spacial score (nSPS) is 17.2. The van der Waals surface area contributed by atoms with Crippen LogP contribution in [0.15, 0.2) is 24.3 Å². The van der Waals surface area contributed by atoms with Crippen LogP contribution in [0.2, 0.25) is 0 Å². The molecular weight excluding hydrogens is 326 g/mol. The molecule has 7 heteroatoms. The van der Waals surface area contributed by atoms with E-state index in [1.54, 1.807) is 4.90 Å². The zero-order chi connectivity index (χ0) is 18.1. The number of hydrogen-bond donors (Lipinski definition) is 1. The van der Waals surface area contributed by atoms with Crippen LogP contribution in [0.1, 0.15) is 26.2 Å². The zero-order valence-electron chi connectivity index (χ0n) is 14.5. The second kappa shape index (κ2) is 9.88. The molecule has 0 spiro atoms. The van der Waals surface area contributed by atoms with Crippen LogP contribution in [0, 0.1) is 0 Å². The summed E-state index contributed by atoms with van der Waals surface area (Å²) < 4.78 is 16.5. The highest BCUT2D eigenvalue weighted by molar-refractivity contribution is 5.77. The number of aliphatic carboxylic acids is 1. The minimum Gasteiger partial charge on any atom is -0.490 e. The molecule has 1 N–H and O–H groups in total. The van der Waals surface area contributed by atoms with Crippen LogP contribution in [-0.4, -0.2) is 60.9 Å². The molecular formula is C18H25NO6. The molecule has 7 nitrogen and oxygen atoms in total. The van der Waals surface area contributed by atoms with Crippen molar-refractivity contribution in [2.45, 2.75) is 32.2 Å². The molecule has 1 heterocycles. The summed E-state index contributed by atoms with van der Waals surface area (Å²) in [5.74, 6) is 0.360. The first-order valence-electron chi connectivity index (χ1n) is 8.55. The highest BCUT2D eigenvalue weighted by Crippen LogP contribution is 2.26. The molecule has 25 heavy (non-hydrogen) atoms. The zero-order valence-corrected chi connectivity index (χ0v) is 14.5. The molecule has 0 saturated carbocycles. The van der Waals surface area contributed by atoms with Crippen molar-refractivity contribution >= 4 is 11.9 Å². The van der Waals surface area contributed by atoms with Crippen LogP contribution in [-0.2, 0) is 14.3 Å². The first-order chi connectivity index (χ1) is 12.1. The molecule has 1 saturated heterocycles. The van der Waals surface area contributed by atoms with E-state index < -0.39 is 12.0 Å². The summed E-state index contributed by atoms with van der Waals surface area (Å²) in [6.07, 6.45) is 0.771. The fraction of sp³-hybridized carbons (Fsp3) is 0.556. The Balaban J connectivity index is 1.79. The van der Waals surface area contributed by atoms with E-state index >= 15 is 0 Å². The summed E-state index contributed by atoms with van der Waals surface area (Å²) >= 11 is 0. The van der Waals surface area contributed by atoms with Gasteiger partial charge in [0.15, 0.2) is 11.5 Å². The van der Waals surface area contributed by atoms with Gasteiger partial charge in [-0.3, -0.25) is 9.59 Å². The third-order valence-electron chi connectivity index (χ3n) is 3.90. The highest BCUT2D eigenvalue weighted by atomic mass is 16.5. The monoisotopic (exact) mass is 351 g/mol. The topological polar surface area (TPSA) is 85.3 Å². The van der Waals surface area contributed by atoms with Gasteiger partial charge in [-0.1, -0.05) is 12.1 Å². The van der Waals surface area contributed by atoms with Crippen LogP contribution in [0.25, 0.3) is 0 Å². The number of para-hydroxylation sites is 2. The molecule has 1 aliphatic heterocycles. The maximum Gasteiger partial charge on any atom is 0.305 e. The number of morpholine rings is 1. The number of carbonyl (C=O) groups excluding carboxylic acids is 1. The molecule has 1 aromatic carbocycles. The number of carboxylic acid groups (broad SMARTS) is 1. The second-order valence-electron chi connectivity index (χ2n) is 5.75. The van der Waals surface area contributed by atoms with Gasteiger partial charge in [0.05, 0.1) is 38.9 Å². The van der Waals surface area contributed by atoms with Crippen molar-refractivity contribution in [2.24, 2.45) is 0 Å². The predicted molar refractivity (Wildman–Crippen MR) is 90.9 cm³/mol. The van der Waals surface area contributed by atoms with Crippen molar-refractivity contribution in [3.8, 4) is 11.5 Å². The Morgan fingerprint density at radius 2 is 2.00 bits per heavy atom. The minimum atomic E-state index is -0.927. The van der Waals surface area contributed by atoms with Gasteiger partial charge >= 0.3 is 5.97 Å². The van der Waals surface area contributed by atoms with Gasteiger partial charge in [0, 0.05) is 13.0 Å². The van der Waals surface area contributed by atoms with Crippen LogP contribution < -0.4 is 9.47 Å². The van der Waals surface area contributed by atoms with E-state index in [2.05, 4.69) is 0 Å². The third kappa shape index (κ3) is 5.94. The van der Waals surface area contributed by atoms with Gasteiger partial charge < -0.3 is 24.2 Å². The molecule has 1 unspecified atom stereocenters. The molecule has 0 bridgehead atoms. The standard InChI is InChI=1S/C18H25NO6/c1-2-24-15-6-3-4-7-16(15)25-10-5-8-17(20)19-9-11-23-13-14(19)12-18(21)22/h3-4,6-7,14H,2,5,8-13H2,1H3,(H,21,22). The second-order valence-corrected chi connectivity index (χ2v) is 5.75. The molecule has 1 aromatic rings. The first kappa shape index (κ1) is 19.1. The maximum absolute atomic E-state index is 12.4. The number of hydrogen-bond acceptors (Lipinski definition) is 5. The Labute approximate surface area is 147 Å². The van der Waals surface area contributed by atoms with E-state index in [1.807, 2.05) is 31.2 Å². The van der Waals surface area contributed by atoms with Crippen molar-refractivity contribution in [2.75, 3.05) is 33.0 Å². The quantitative estimate of drug-likeness (QED) is 0.685. The van der Waals surface area contributed by atoms with Gasteiger partial charge in [-0.05, 0) is 25.5 Å². The number of rotatable bonds is 9. The summed E-state index contributed by atoms with van der Waals surface area (Å²) in [4.78, 5) is 24.9. The van der Waals surface area contributed by atoms with Crippen molar-refractivity contribution in [1.82, 2.24) is 4.90 Å². The number of benzene rings is 1. The van der Waals surface area contributed by atoms with Crippen molar-refractivity contribution < 1.29 is 28.9 Å². The number of carboxylic acids is 1. The molecule has 0 radical (unpaired) electrons. The largest absolute Gasteiger partial charge is 0.490 e. The lowest BCUT2D eigenvalue weighted by atomic mass is 10.1. The summed E-state index contributed by atoms with van der Waals surface area (Å²) in [6.45, 7) is 4.01. The Morgan fingerprint density at radius 3 is 2.68 bits per heavy atom. The number of nitrogens with zero attached hydrogens (tertiary/aromatic N) is 1. The number of ether oxygens (including phenoxy) is 3. The molecule has 138 valence electrons. The van der Waals surface area contributed by atoms with Gasteiger partial charge in [0.1, 0.15) is 0 Å². The van der Waals surface area contributed by atoms with Gasteiger partial charge in [-0.2, -0.15) is 0 Å². The van der Waals surface area contributed by atoms with E-state index in [-0.39, 0.29) is 18.9 Å². The van der Waals surface area contributed by atoms with E-state index in [9.17, 15) is 9.59 Å². The van der Waals surface area contributed by atoms with Crippen LogP contribution >= 0.6 is 0 Å². The summed E-state index contributed by atoms with van der Waals surface area (Å²) in [5.41, 5.74) is 0. The SMILES string of the molecule is CCOc1ccccc1OCCCC(=O)N1CCOCC1CC(=O)O. The maximum atomic E-state index is 12.4. The Kier molecular flexibility index (Phi) is 7.53. The lowest BCUT2D eigenvalue weighted by Gasteiger charge is -2.35. The smallest absolute Gasteiger partial charge is 0.305 e. The molecule has 1 amide bonds. The van der Waals surface area contributed by atoms with Gasteiger partial charge in [0.2, 0.25) is 5.91 Å². The summed E-state index contributed by atoms with van der Waals surface area (Å²) in [5, 5.41) is 8.95. The average molecular weight is 351 g/mol.